The first kappa shape index (κ1) is 56.2. The highest BCUT2D eigenvalue weighted by Crippen LogP contribution is 2.68. The molecule has 7 heteroatoms. The van der Waals surface area contributed by atoms with Gasteiger partial charge in [-0.3, -0.25) is 9.59 Å². The highest BCUT2D eigenvalue weighted by molar-refractivity contribution is 5.88. The second-order valence-electron chi connectivity index (χ2n) is 24.7. The molecule has 69 heavy (non-hydrogen) atoms. The highest BCUT2D eigenvalue weighted by Gasteiger charge is 2.60. The molecule has 6 rings (SSSR count). The number of hydrogen-bond acceptors (Lipinski definition) is 5. The quantitative estimate of drug-likeness (QED) is 0.0751. The Kier molecular flexibility index (Phi) is 23.1. The summed E-state index contributed by atoms with van der Waals surface area (Å²) in [6.45, 7) is 19.0. The van der Waals surface area contributed by atoms with Crippen molar-refractivity contribution in [2.45, 2.75) is 246 Å². The van der Waals surface area contributed by atoms with Gasteiger partial charge in [0.1, 0.15) is 11.8 Å². The average Bonchev–Trinajstić information content (AvgIpc) is 3.72. The topological polar surface area (TPSA) is 82.1 Å². The van der Waals surface area contributed by atoms with Gasteiger partial charge in [-0.25, -0.2) is 0 Å². The lowest BCUT2D eigenvalue weighted by molar-refractivity contribution is -0.145. The number of carbonyl (C=O) groups is 2. The molecule has 2 amide bonds. The number of hydrogen-bond donors (Lipinski definition) is 2. The number of methoxy groups -OCH3 is 1. The van der Waals surface area contributed by atoms with Crippen molar-refractivity contribution < 1.29 is 19.4 Å². The van der Waals surface area contributed by atoms with Crippen LogP contribution in [0.25, 0.3) is 0 Å². The fraction of sp³-hybridized carbons (Fsp3) is 0.871. The van der Waals surface area contributed by atoms with Crippen molar-refractivity contribution >= 4 is 11.8 Å². The molecule has 1 aromatic carbocycles. The summed E-state index contributed by atoms with van der Waals surface area (Å²) in [6.07, 6.45) is 35.9. The molecule has 5 aliphatic rings. The van der Waals surface area contributed by atoms with Gasteiger partial charge in [-0.2, -0.15) is 0 Å². The number of carbonyl (C=O) groups excluding carboxylic acids is 2. The van der Waals surface area contributed by atoms with Gasteiger partial charge in [0, 0.05) is 19.5 Å². The Labute approximate surface area is 424 Å². The molecule has 11 unspecified atom stereocenters. The normalized spacial score (nSPS) is 29.6. The first-order valence-corrected chi connectivity index (χ1v) is 30.1. The molecule has 0 aromatic heterocycles. The number of aliphatic hydroxyl groups excluding tert-OH is 1. The lowest BCUT2D eigenvalue weighted by Crippen LogP contribution is -2.56. The molecule has 11 atom stereocenters. The Morgan fingerprint density at radius 1 is 0.754 bits per heavy atom. The van der Waals surface area contributed by atoms with E-state index >= 15 is 9.59 Å². The fourth-order valence-corrected chi connectivity index (χ4v) is 16.1. The minimum absolute atomic E-state index is 0.0732. The zero-order valence-electron chi connectivity index (χ0n) is 45.9. The lowest BCUT2D eigenvalue weighted by atomic mass is 9.44. The number of rotatable bonds is 30. The predicted octanol–water partition coefficient (Wildman–Crippen LogP) is 14.6. The maximum atomic E-state index is 15.5. The Hall–Kier alpha value is -2.12. The van der Waals surface area contributed by atoms with Crippen LogP contribution in [0.1, 0.15) is 233 Å². The molecule has 1 saturated heterocycles. The number of aliphatic hydroxyl groups is 1. The van der Waals surface area contributed by atoms with Crippen LogP contribution in [0.15, 0.2) is 24.3 Å². The van der Waals surface area contributed by atoms with Crippen LogP contribution in [0.3, 0.4) is 0 Å². The molecule has 394 valence electrons. The Morgan fingerprint density at radius 3 is 1.99 bits per heavy atom. The summed E-state index contributed by atoms with van der Waals surface area (Å²) in [5.41, 5.74) is 1.93. The maximum Gasteiger partial charge on any atom is 0.243 e. The zero-order chi connectivity index (χ0) is 49.2. The number of unbranched alkanes of at least 4 members (excludes halogenated alkanes) is 12. The van der Waals surface area contributed by atoms with Gasteiger partial charge in [0.05, 0.1) is 13.2 Å². The van der Waals surface area contributed by atoms with E-state index in [9.17, 15) is 5.11 Å². The standard InChI is InChI=1S/C62H107N3O4/c1-8-11-13-15-17-18-20-22-24-49(23-21-19-16-14-12-9-2)46-65(59(50-38-43-64(10-3)44-39-50)60(68)63-42-37-48-26-29-53(69-7)30-27-48)58(67)34-25-47(4)55-32-33-56-54-31-28-51-45-52(66)35-40-61(51,5)57(54)36-41-62(55,56)6/h26-27,29-30,47,49-52,54-57,59,66H,8-25,28,31-46H2,1-7H3,(H,63,68). The van der Waals surface area contributed by atoms with Gasteiger partial charge >= 0.3 is 0 Å². The third-order valence-electron chi connectivity index (χ3n) is 20.4. The van der Waals surface area contributed by atoms with Gasteiger partial charge in [-0.15, -0.1) is 0 Å². The number of ether oxygens (including phenoxy) is 1. The third-order valence-corrected chi connectivity index (χ3v) is 20.4. The summed E-state index contributed by atoms with van der Waals surface area (Å²) in [6, 6.07) is 7.79. The van der Waals surface area contributed by atoms with Gasteiger partial charge in [0.2, 0.25) is 11.8 Å². The van der Waals surface area contributed by atoms with Crippen molar-refractivity contribution in [3.8, 4) is 5.75 Å². The van der Waals surface area contributed by atoms with Crippen LogP contribution in [0.5, 0.6) is 5.75 Å². The monoisotopic (exact) mass is 958 g/mol. The summed E-state index contributed by atoms with van der Waals surface area (Å²) in [7, 11) is 1.70. The van der Waals surface area contributed by atoms with Gasteiger partial charge in [-0.05, 0) is 192 Å². The second kappa shape index (κ2) is 28.4. The van der Waals surface area contributed by atoms with Gasteiger partial charge in [0.15, 0.2) is 0 Å². The largest absolute Gasteiger partial charge is 0.497 e. The molecule has 5 fully saturated rings. The van der Waals surface area contributed by atoms with Crippen LogP contribution in [-0.4, -0.2) is 78.7 Å². The molecule has 1 aliphatic heterocycles. The number of fused-ring (bicyclic) bond motifs is 5. The van der Waals surface area contributed by atoms with E-state index in [0.29, 0.717) is 47.5 Å². The number of nitrogens with one attached hydrogen (secondary N) is 1. The Bertz CT molecular complexity index is 1630. The number of likely N-dealkylation sites (tertiary alicyclic amines) is 1. The molecule has 0 radical (unpaired) electrons. The Balaban J connectivity index is 1.19. The molecule has 1 aromatic rings. The van der Waals surface area contributed by atoms with Gasteiger partial charge in [0.25, 0.3) is 0 Å². The summed E-state index contributed by atoms with van der Waals surface area (Å²) in [4.78, 5) is 35.2. The van der Waals surface area contributed by atoms with Crippen molar-refractivity contribution in [3.05, 3.63) is 29.8 Å². The van der Waals surface area contributed by atoms with E-state index in [0.717, 1.165) is 101 Å². The zero-order valence-corrected chi connectivity index (χ0v) is 45.9. The SMILES string of the molecule is CCCCCCCCCCC(CCCCCCCC)CN(C(=O)CCC(C)C1CCC2C3CCC4CC(O)CCC4(C)C3CCC12C)C(C(=O)NCCc1ccc(OC)cc1)C1CCN(CC)CC1. The number of benzene rings is 1. The molecule has 1 heterocycles. The molecule has 4 aliphatic carbocycles. The molecule has 4 saturated carbocycles. The van der Waals surface area contributed by atoms with Crippen molar-refractivity contribution in [3.63, 3.8) is 0 Å². The van der Waals surface area contributed by atoms with E-state index < -0.39 is 6.04 Å². The molecule has 2 N–H and O–H groups in total. The van der Waals surface area contributed by atoms with Crippen LogP contribution >= 0.6 is 0 Å². The van der Waals surface area contributed by atoms with E-state index in [1.54, 1.807) is 7.11 Å². The summed E-state index contributed by atoms with van der Waals surface area (Å²) >= 11 is 0. The first-order valence-electron chi connectivity index (χ1n) is 30.1. The van der Waals surface area contributed by atoms with E-state index in [2.05, 4.69) is 68.8 Å². The molecule has 7 nitrogen and oxygen atoms in total. The summed E-state index contributed by atoms with van der Waals surface area (Å²) in [5.74, 6) is 6.02. The van der Waals surface area contributed by atoms with Crippen molar-refractivity contribution in [1.29, 1.82) is 0 Å². The van der Waals surface area contributed by atoms with Crippen molar-refractivity contribution in [1.82, 2.24) is 15.1 Å². The Morgan fingerprint density at radius 2 is 1.36 bits per heavy atom. The van der Waals surface area contributed by atoms with Crippen molar-refractivity contribution in [2.75, 3.05) is 39.8 Å². The fourth-order valence-electron chi connectivity index (χ4n) is 16.1. The number of nitrogens with zero attached hydrogens (tertiary/aromatic N) is 2. The van der Waals surface area contributed by atoms with Gasteiger partial charge in [-0.1, -0.05) is 144 Å². The van der Waals surface area contributed by atoms with E-state index in [1.165, 1.54) is 140 Å². The van der Waals surface area contributed by atoms with E-state index in [4.69, 9.17) is 4.74 Å². The maximum absolute atomic E-state index is 15.5. The highest BCUT2D eigenvalue weighted by atomic mass is 16.5. The summed E-state index contributed by atoms with van der Waals surface area (Å²) < 4.78 is 5.42. The molecule has 0 bridgehead atoms. The van der Waals surface area contributed by atoms with Crippen molar-refractivity contribution in [2.24, 2.45) is 58.2 Å². The lowest BCUT2D eigenvalue weighted by Gasteiger charge is -2.61. The molecule has 0 spiro atoms. The smallest absolute Gasteiger partial charge is 0.243 e. The van der Waals surface area contributed by atoms with Crippen LogP contribution in [-0.2, 0) is 16.0 Å². The van der Waals surface area contributed by atoms with Gasteiger partial charge < -0.3 is 25.0 Å². The number of piperidine rings is 1. The first-order chi connectivity index (χ1) is 33.4. The second-order valence-corrected chi connectivity index (χ2v) is 24.7. The van der Waals surface area contributed by atoms with Crippen LogP contribution in [0.2, 0.25) is 0 Å². The van der Waals surface area contributed by atoms with Crippen LogP contribution < -0.4 is 10.1 Å². The van der Waals surface area contributed by atoms with Crippen LogP contribution in [0.4, 0.5) is 0 Å². The third kappa shape index (κ3) is 15.2. The summed E-state index contributed by atoms with van der Waals surface area (Å²) in [5, 5.41) is 14.1. The molecular formula is C62H107N3O4. The minimum Gasteiger partial charge on any atom is -0.497 e. The van der Waals surface area contributed by atoms with E-state index in [-0.39, 0.29) is 23.8 Å². The van der Waals surface area contributed by atoms with Crippen LogP contribution in [0, 0.1) is 58.2 Å². The van der Waals surface area contributed by atoms with E-state index in [1.807, 2.05) is 12.1 Å². The number of amides is 2. The predicted molar refractivity (Wildman–Crippen MR) is 288 cm³/mol. The minimum atomic E-state index is -0.422. The average molecular weight is 959 g/mol. The molecular weight excluding hydrogens is 851 g/mol.